The Hall–Kier alpha value is -5.91. The highest BCUT2D eigenvalue weighted by atomic mass is 19.4. The number of hydrogen-bond donors (Lipinski definition) is 3. The summed E-state index contributed by atoms with van der Waals surface area (Å²) in [7, 11) is 0. The van der Waals surface area contributed by atoms with Crippen molar-refractivity contribution in [3.05, 3.63) is 108 Å². The molecule has 12 nitrogen and oxygen atoms in total. The van der Waals surface area contributed by atoms with Crippen LogP contribution in [0.3, 0.4) is 0 Å². The van der Waals surface area contributed by atoms with Gasteiger partial charge in [-0.05, 0) is 54.1 Å². The van der Waals surface area contributed by atoms with Gasteiger partial charge in [-0.25, -0.2) is 20.0 Å². The summed E-state index contributed by atoms with van der Waals surface area (Å²) in [5.41, 5.74) is 6.30. The maximum atomic E-state index is 12.3. The Labute approximate surface area is 268 Å². The van der Waals surface area contributed by atoms with E-state index in [9.17, 15) is 35.9 Å². The van der Waals surface area contributed by atoms with Crippen molar-refractivity contribution in [2.75, 3.05) is 10.6 Å². The van der Waals surface area contributed by atoms with Crippen LogP contribution in [0.25, 0.3) is 0 Å². The predicted octanol–water partition coefficient (Wildman–Crippen LogP) is 6.39. The van der Waals surface area contributed by atoms with E-state index < -0.39 is 24.8 Å². The van der Waals surface area contributed by atoms with Gasteiger partial charge < -0.3 is 20.1 Å². The number of amides is 4. The second kappa shape index (κ2) is 14.2. The Balaban J connectivity index is 0.000000188. The summed E-state index contributed by atoms with van der Waals surface area (Å²) in [5.74, 6) is -0.682. The fourth-order valence-electron chi connectivity index (χ4n) is 4.38. The largest absolute Gasteiger partial charge is 0.573 e. The molecule has 250 valence electrons. The molecule has 0 bridgehead atoms. The summed E-state index contributed by atoms with van der Waals surface area (Å²) in [4.78, 5) is 31.9. The van der Waals surface area contributed by atoms with E-state index in [1.807, 2.05) is 6.07 Å². The second-order valence-corrected chi connectivity index (χ2v) is 9.96. The van der Waals surface area contributed by atoms with Crippen LogP contribution in [-0.4, -0.2) is 51.0 Å². The highest BCUT2D eigenvalue weighted by Crippen LogP contribution is 2.31. The fourth-order valence-corrected chi connectivity index (χ4v) is 4.38. The molecule has 0 atom stereocenters. The molecule has 3 N–H and O–H groups in total. The molecule has 48 heavy (non-hydrogen) atoms. The van der Waals surface area contributed by atoms with Crippen molar-refractivity contribution < 1.29 is 45.4 Å². The van der Waals surface area contributed by atoms with E-state index in [2.05, 4.69) is 40.6 Å². The maximum absolute atomic E-state index is 12.3. The molecule has 0 fully saturated rings. The van der Waals surface area contributed by atoms with Crippen LogP contribution < -0.4 is 25.5 Å². The Bertz CT molecular complexity index is 1780. The van der Waals surface area contributed by atoms with Crippen LogP contribution in [0.15, 0.2) is 90.6 Å². The first-order valence-corrected chi connectivity index (χ1v) is 13.8. The average molecular weight is 675 g/mol. The lowest BCUT2D eigenvalue weighted by Gasteiger charge is -2.30. The third kappa shape index (κ3) is 9.55. The van der Waals surface area contributed by atoms with Crippen LogP contribution in [0.2, 0.25) is 0 Å². The minimum Gasteiger partial charge on any atom is -0.406 e. The van der Waals surface area contributed by atoms with Crippen LogP contribution in [0, 0.1) is 0 Å². The number of aromatic nitrogens is 2. The number of rotatable bonds is 7. The Morgan fingerprint density at radius 1 is 0.792 bits per heavy atom. The Morgan fingerprint density at radius 3 is 1.94 bits per heavy atom. The molecule has 4 amide bonds. The van der Waals surface area contributed by atoms with Gasteiger partial charge >= 0.3 is 24.8 Å². The monoisotopic (exact) mass is 674 g/mol. The number of benzene rings is 2. The molecule has 2 aliphatic rings. The molecular weight excluding hydrogens is 650 g/mol. The minimum absolute atomic E-state index is 0.0208. The molecule has 6 rings (SSSR count). The molecule has 4 aromatic rings. The molecule has 0 saturated carbocycles. The zero-order valence-corrected chi connectivity index (χ0v) is 24.4. The van der Waals surface area contributed by atoms with Crippen LogP contribution >= 0.6 is 0 Å². The summed E-state index contributed by atoms with van der Waals surface area (Å²) in [6, 6.07) is 13.7. The normalized spacial score (nSPS) is 14.3. The standard InChI is InChI=1S/C15H13F3N4O2.C15H11F3N4O2/c2*16-15(17,18)24-12-3-4-13-11(6-12)9-22(14(23)21-13)20-8-10-2-1-5-19-7-10/h1-7,20H,8-9H2,(H,21,23);1-8H,9H2,(H,21,23)/b;20-8+. The zero-order valence-electron chi connectivity index (χ0n) is 24.4. The van der Waals surface area contributed by atoms with Gasteiger partial charge in [0.05, 0.1) is 19.3 Å². The minimum atomic E-state index is -4.77. The lowest BCUT2D eigenvalue weighted by Crippen LogP contribution is -2.47. The zero-order chi connectivity index (χ0) is 34.3. The number of urea groups is 2. The number of anilines is 2. The number of hydrazine groups is 1. The number of hydrazone groups is 1. The fraction of sp³-hybridized carbons (Fsp3) is 0.167. The Morgan fingerprint density at radius 2 is 1.38 bits per heavy atom. The van der Waals surface area contributed by atoms with Crippen LogP contribution in [0.5, 0.6) is 11.5 Å². The van der Waals surface area contributed by atoms with Crippen molar-refractivity contribution in [2.24, 2.45) is 5.10 Å². The maximum Gasteiger partial charge on any atom is 0.573 e. The quantitative estimate of drug-likeness (QED) is 0.153. The summed E-state index contributed by atoms with van der Waals surface area (Å²) >= 11 is 0. The predicted molar refractivity (Wildman–Crippen MR) is 158 cm³/mol. The van der Waals surface area contributed by atoms with Crippen molar-refractivity contribution in [1.29, 1.82) is 0 Å². The first-order valence-electron chi connectivity index (χ1n) is 13.8. The highest BCUT2D eigenvalue weighted by Gasteiger charge is 2.33. The first-order chi connectivity index (χ1) is 22.8. The van der Waals surface area contributed by atoms with Crippen LogP contribution in [-0.2, 0) is 19.6 Å². The average Bonchev–Trinajstić information content (AvgIpc) is 3.03. The van der Waals surface area contributed by atoms with Crippen molar-refractivity contribution in [3.63, 3.8) is 0 Å². The van der Waals surface area contributed by atoms with Gasteiger partial charge in [0, 0.05) is 59.4 Å². The van der Waals surface area contributed by atoms with Gasteiger partial charge in [-0.3, -0.25) is 15.0 Å². The van der Waals surface area contributed by atoms with Gasteiger partial charge in [-0.2, -0.15) is 5.10 Å². The molecule has 4 heterocycles. The SMILES string of the molecule is O=C1Nc2ccc(OC(F)(F)F)cc2CN1/N=C/c1cccnc1.O=C1Nc2ccc(OC(F)(F)F)cc2CN1NCc1cccnc1. The number of ether oxygens (including phenoxy) is 2. The van der Waals surface area contributed by atoms with Crippen LogP contribution in [0.4, 0.5) is 47.3 Å². The van der Waals surface area contributed by atoms with Crippen molar-refractivity contribution in [3.8, 4) is 11.5 Å². The van der Waals surface area contributed by atoms with Gasteiger partial charge in [0.2, 0.25) is 0 Å². The van der Waals surface area contributed by atoms with E-state index in [1.165, 1.54) is 35.5 Å². The van der Waals surface area contributed by atoms with E-state index in [0.29, 0.717) is 34.6 Å². The van der Waals surface area contributed by atoms with Crippen molar-refractivity contribution in [2.45, 2.75) is 32.4 Å². The summed E-state index contributed by atoms with van der Waals surface area (Å²) in [6.45, 7) is 0.485. The number of halogens is 6. The molecule has 0 spiro atoms. The smallest absolute Gasteiger partial charge is 0.406 e. The number of nitrogens with zero attached hydrogens (tertiary/aromatic N) is 5. The molecule has 0 unspecified atom stereocenters. The third-order valence-corrected chi connectivity index (χ3v) is 6.46. The van der Waals surface area contributed by atoms with E-state index in [4.69, 9.17) is 0 Å². The molecule has 0 radical (unpaired) electrons. The summed E-state index contributed by atoms with van der Waals surface area (Å²) in [6.07, 6.45) is -1.64. The van der Waals surface area contributed by atoms with Gasteiger partial charge in [0.25, 0.3) is 0 Å². The number of fused-ring (bicyclic) bond motifs is 2. The molecule has 0 aliphatic carbocycles. The van der Waals surface area contributed by atoms with E-state index in [1.54, 1.807) is 43.0 Å². The van der Waals surface area contributed by atoms with Crippen molar-refractivity contribution in [1.82, 2.24) is 25.4 Å². The van der Waals surface area contributed by atoms with Gasteiger partial charge in [0.15, 0.2) is 0 Å². The van der Waals surface area contributed by atoms with E-state index in [-0.39, 0.29) is 24.6 Å². The summed E-state index contributed by atoms with van der Waals surface area (Å²) < 4.78 is 81.5. The number of pyridine rings is 2. The molecule has 2 aromatic heterocycles. The topological polar surface area (TPSA) is 133 Å². The van der Waals surface area contributed by atoms with Crippen LogP contribution in [0.1, 0.15) is 22.3 Å². The third-order valence-electron chi connectivity index (χ3n) is 6.46. The second-order valence-electron chi connectivity index (χ2n) is 9.96. The first kappa shape index (κ1) is 33.5. The lowest BCUT2D eigenvalue weighted by molar-refractivity contribution is -0.275. The molecule has 2 aliphatic heterocycles. The summed E-state index contributed by atoms with van der Waals surface area (Å²) in [5, 5.41) is 11.6. The van der Waals surface area contributed by atoms with E-state index in [0.717, 1.165) is 22.7 Å². The number of alkyl halides is 6. The van der Waals surface area contributed by atoms with E-state index >= 15 is 0 Å². The molecular formula is C30H24F6N8O4. The molecule has 2 aromatic carbocycles. The number of carbonyl (C=O) groups is 2. The number of carbonyl (C=O) groups excluding carboxylic acids is 2. The number of nitrogens with one attached hydrogen (secondary N) is 3. The van der Waals surface area contributed by atoms with Gasteiger partial charge in [0.1, 0.15) is 11.5 Å². The molecule has 0 saturated heterocycles. The molecule has 18 heteroatoms. The van der Waals surface area contributed by atoms with Crippen molar-refractivity contribution >= 4 is 29.7 Å². The van der Waals surface area contributed by atoms with Gasteiger partial charge in [-0.1, -0.05) is 12.1 Å². The van der Waals surface area contributed by atoms with Gasteiger partial charge in [-0.15, -0.1) is 26.3 Å². The number of hydrogen-bond acceptors (Lipinski definition) is 8. The Kier molecular flexibility index (Phi) is 9.93. The lowest BCUT2D eigenvalue weighted by atomic mass is 10.1. The highest BCUT2D eigenvalue weighted by molar-refractivity contribution is 5.93.